The van der Waals surface area contributed by atoms with Crippen LogP contribution in [-0.2, 0) is 30.6 Å². The number of esters is 1. The van der Waals surface area contributed by atoms with Gasteiger partial charge in [-0.05, 0) is 44.0 Å². The molecule has 44 heavy (non-hydrogen) atoms. The molecule has 1 aromatic heterocycles. The molecule has 5 atom stereocenters. The largest absolute Gasteiger partial charge is 0.462 e. The van der Waals surface area contributed by atoms with Crippen LogP contribution in [0, 0.1) is 0 Å². The smallest absolute Gasteiger partial charge is 0.351 e. The van der Waals surface area contributed by atoms with Crippen LogP contribution in [0.15, 0.2) is 53.5 Å². The summed E-state index contributed by atoms with van der Waals surface area (Å²) >= 11 is 11.4. The molecule has 0 amide bonds. The summed E-state index contributed by atoms with van der Waals surface area (Å²) in [6.07, 6.45) is -9.20. The number of aliphatic hydroxyl groups excluding tert-OH is 1. The Balaban J connectivity index is 1.72. The molecule has 0 radical (unpaired) electrons. The number of nitrogen functional groups attached to an aromatic ring is 1. The molecule has 1 fully saturated rings. The molecule has 2 heterocycles. The Bertz CT molecular complexity index is 1650. The van der Waals surface area contributed by atoms with E-state index in [9.17, 15) is 23.5 Å². The molecule has 1 saturated heterocycles. The number of carbonyl (C=O) groups is 1. The van der Waals surface area contributed by atoms with Crippen LogP contribution >= 0.6 is 18.2 Å². The van der Waals surface area contributed by atoms with Gasteiger partial charge in [0.05, 0.1) is 17.7 Å². The van der Waals surface area contributed by atoms with Crippen molar-refractivity contribution in [1.82, 2.24) is 14.6 Å². The number of anilines is 1. The Morgan fingerprint density at radius 3 is 2.57 bits per heavy atom. The van der Waals surface area contributed by atoms with Gasteiger partial charge in [0.15, 0.2) is 12.3 Å². The summed E-state index contributed by atoms with van der Waals surface area (Å²) in [5.74, 6) is -5.91. The second kappa shape index (κ2) is 12.9. The summed E-state index contributed by atoms with van der Waals surface area (Å²) in [4.78, 5) is 28.3. The molecular weight excluding hydrogens is 655 g/mol. The van der Waals surface area contributed by atoms with Crippen molar-refractivity contribution in [3.8, 4) is 5.75 Å². The van der Waals surface area contributed by atoms with Crippen molar-refractivity contribution in [1.29, 1.82) is 0 Å². The number of benzene rings is 2. The lowest BCUT2D eigenvalue weighted by atomic mass is 9.95. The molecule has 240 valence electrons. The van der Waals surface area contributed by atoms with Gasteiger partial charge in [0.25, 0.3) is 6.43 Å². The molecule has 1 aliphatic rings. The first-order valence-electron chi connectivity index (χ1n) is 13.0. The minimum absolute atomic E-state index is 0.0978. The van der Waals surface area contributed by atoms with Gasteiger partial charge in [0.2, 0.25) is 5.60 Å². The highest BCUT2D eigenvalue weighted by atomic mass is 35.5. The van der Waals surface area contributed by atoms with E-state index in [0.717, 1.165) is 6.20 Å². The fourth-order valence-corrected chi connectivity index (χ4v) is 6.89. The zero-order valence-corrected chi connectivity index (χ0v) is 25.8. The molecule has 0 aliphatic carbocycles. The molecular formula is C26H28ClF4N4O7PS. The number of alkyl halides is 4. The Kier molecular flexibility index (Phi) is 9.95. The third kappa shape index (κ3) is 6.57. The van der Waals surface area contributed by atoms with Crippen molar-refractivity contribution in [2.75, 3.05) is 12.3 Å². The number of carbonyl (C=O) groups excluding carboxylic acids is 1. The van der Waals surface area contributed by atoms with Gasteiger partial charge >= 0.3 is 24.2 Å². The molecule has 11 nitrogen and oxygen atoms in total. The predicted octanol–water partition coefficient (Wildman–Crippen LogP) is 4.41. The van der Waals surface area contributed by atoms with Crippen molar-refractivity contribution in [3.63, 3.8) is 0 Å². The van der Waals surface area contributed by atoms with E-state index >= 15 is 8.78 Å². The number of halogens is 5. The Hall–Kier alpha value is -2.85. The third-order valence-corrected chi connectivity index (χ3v) is 9.33. The maximum absolute atomic E-state index is 15.6. The second-order valence-corrected chi connectivity index (χ2v) is 13.6. The minimum Gasteiger partial charge on any atom is -0.462 e. The summed E-state index contributed by atoms with van der Waals surface area (Å²) in [5, 5.41) is 13.9. The molecule has 2 aromatic carbocycles. The van der Waals surface area contributed by atoms with Crippen LogP contribution in [0.3, 0.4) is 0 Å². The molecule has 1 aliphatic heterocycles. The fraction of sp³-hybridized carbons (Fsp3) is 0.423. The quantitative estimate of drug-likeness (QED) is 0.150. The number of nitrogens with one attached hydrogen (secondary N) is 1. The van der Waals surface area contributed by atoms with E-state index in [-0.39, 0.29) is 10.8 Å². The first-order valence-corrected chi connectivity index (χ1v) is 16.0. The van der Waals surface area contributed by atoms with Gasteiger partial charge in [-0.2, -0.15) is 13.8 Å². The number of aromatic nitrogens is 2. The van der Waals surface area contributed by atoms with Crippen LogP contribution in [0.1, 0.15) is 27.0 Å². The number of nitrogens with zero attached hydrogens (tertiary/aromatic N) is 2. The monoisotopic (exact) mass is 682 g/mol. The number of rotatable bonds is 11. The standard InChI is InChI=1S/C26H28ClF4N4O7PS/c1-13(2)40-22(37)14(3)34-43(44,42-18-10-6-8-15-7-4-5-9-16(15)18)39-12-25(23(28)29)26(30,31)19(36)21(41-25)35-11-17(27)20(32)33-24(35)38/h4-11,13-14,19,21,23,36H,12H2,1-3H3,(H,34,44)(H2,32,33,38). The zero-order chi connectivity index (χ0) is 32.6. The molecule has 4 N–H and O–H groups in total. The van der Waals surface area contributed by atoms with E-state index in [2.05, 4.69) is 10.1 Å². The van der Waals surface area contributed by atoms with Crippen LogP contribution < -0.4 is 21.0 Å². The van der Waals surface area contributed by atoms with E-state index in [0.29, 0.717) is 15.3 Å². The highest BCUT2D eigenvalue weighted by molar-refractivity contribution is 8.09. The summed E-state index contributed by atoms with van der Waals surface area (Å²) in [5.41, 5.74) is 0.284. The number of aliphatic hydroxyl groups is 1. The summed E-state index contributed by atoms with van der Waals surface area (Å²) in [6, 6.07) is 10.5. The van der Waals surface area contributed by atoms with Gasteiger partial charge in [-0.1, -0.05) is 48.0 Å². The number of ether oxygens (including phenoxy) is 2. The number of hydrogen-bond donors (Lipinski definition) is 3. The summed E-state index contributed by atoms with van der Waals surface area (Å²) in [6.45, 7) is -1.34. The second-order valence-electron chi connectivity index (χ2n) is 10.1. The van der Waals surface area contributed by atoms with E-state index in [4.69, 9.17) is 47.7 Å². The molecule has 3 aromatic rings. The normalized spacial score (nSPS) is 23.5. The van der Waals surface area contributed by atoms with E-state index in [1.165, 1.54) is 13.0 Å². The van der Waals surface area contributed by atoms with Gasteiger partial charge in [0, 0.05) is 11.6 Å². The van der Waals surface area contributed by atoms with Gasteiger partial charge in [-0.3, -0.25) is 9.36 Å². The highest BCUT2D eigenvalue weighted by Crippen LogP contribution is 2.55. The number of nitrogens with two attached hydrogens (primary N) is 1. The zero-order valence-electron chi connectivity index (χ0n) is 23.3. The molecule has 4 rings (SSSR count). The lowest BCUT2D eigenvalue weighted by Gasteiger charge is -2.35. The Labute approximate surface area is 258 Å². The molecule has 18 heteroatoms. The number of hydrogen-bond acceptors (Lipinski definition) is 10. The lowest BCUT2D eigenvalue weighted by Crippen LogP contribution is -2.57. The van der Waals surface area contributed by atoms with Gasteiger partial charge in [-0.25, -0.2) is 18.7 Å². The van der Waals surface area contributed by atoms with Crippen LogP contribution in [0.2, 0.25) is 5.02 Å². The van der Waals surface area contributed by atoms with Crippen LogP contribution in [0.5, 0.6) is 5.75 Å². The predicted molar refractivity (Wildman–Crippen MR) is 156 cm³/mol. The van der Waals surface area contributed by atoms with Gasteiger partial charge in [-0.15, -0.1) is 0 Å². The van der Waals surface area contributed by atoms with Crippen molar-refractivity contribution in [3.05, 3.63) is 64.2 Å². The summed E-state index contributed by atoms with van der Waals surface area (Å²) in [7, 11) is 0. The Morgan fingerprint density at radius 1 is 1.25 bits per heavy atom. The fourth-order valence-electron chi connectivity index (χ4n) is 4.33. The molecule has 0 saturated carbocycles. The molecule has 0 spiro atoms. The average Bonchev–Trinajstić information content (AvgIpc) is 3.15. The van der Waals surface area contributed by atoms with Crippen LogP contribution in [-0.4, -0.2) is 63.4 Å². The first-order chi connectivity index (χ1) is 20.5. The third-order valence-electron chi connectivity index (χ3n) is 6.57. The SMILES string of the molecule is CC(C)OC(=O)C(C)NP(=S)(OCC1(C(F)F)OC(n2cc(Cl)c(N)nc2=O)C(O)C1(F)F)Oc1cccc2ccccc12. The minimum atomic E-state index is -4.74. The first kappa shape index (κ1) is 34.0. The lowest BCUT2D eigenvalue weighted by molar-refractivity contribution is -0.241. The highest BCUT2D eigenvalue weighted by Gasteiger charge is 2.74. The van der Waals surface area contributed by atoms with E-state index in [1.54, 1.807) is 50.2 Å². The van der Waals surface area contributed by atoms with Crippen molar-refractivity contribution >= 4 is 52.6 Å². The maximum Gasteiger partial charge on any atom is 0.351 e. The van der Waals surface area contributed by atoms with E-state index in [1.807, 2.05) is 0 Å². The molecule has 5 unspecified atom stereocenters. The average molecular weight is 683 g/mol. The Morgan fingerprint density at radius 2 is 1.91 bits per heavy atom. The van der Waals surface area contributed by atoms with Gasteiger partial charge < -0.3 is 29.4 Å². The summed E-state index contributed by atoms with van der Waals surface area (Å²) < 4.78 is 82.5. The van der Waals surface area contributed by atoms with Gasteiger partial charge in [0.1, 0.15) is 17.6 Å². The van der Waals surface area contributed by atoms with Crippen LogP contribution in [0.4, 0.5) is 23.4 Å². The molecule has 0 bridgehead atoms. The van der Waals surface area contributed by atoms with Crippen molar-refractivity contribution < 1.29 is 46.0 Å². The topological polar surface area (TPSA) is 147 Å². The number of fused-ring (bicyclic) bond motifs is 1. The van der Waals surface area contributed by atoms with Crippen molar-refractivity contribution in [2.24, 2.45) is 0 Å². The maximum atomic E-state index is 15.6. The van der Waals surface area contributed by atoms with E-state index < -0.39 is 73.2 Å². The van der Waals surface area contributed by atoms with Crippen molar-refractivity contribution in [2.45, 2.75) is 63.2 Å². The van der Waals surface area contributed by atoms with Crippen LogP contribution in [0.25, 0.3) is 10.8 Å².